The van der Waals surface area contributed by atoms with Crippen molar-refractivity contribution in [3.05, 3.63) is 34.3 Å². The lowest BCUT2D eigenvalue weighted by atomic mass is 10.3. The van der Waals surface area contributed by atoms with Gasteiger partial charge in [0.1, 0.15) is 11.1 Å². The third-order valence-electron chi connectivity index (χ3n) is 1.48. The first-order valence-electron chi connectivity index (χ1n) is 3.82. The van der Waals surface area contributed by atoms with Crippen LogP contribution in [0.3, 0.4) is 0 Å². The first kappa shape index (κ1) is 12.1. The molecular weight excluding hydrogens is 249 g/mol. The Labute approximate surface area is 94.7 Å². The summed E-state index contributed by atoms with van der Waals surface area (Å²) < 4.78 is 30.6. The zero-order chi connectivity index (χ0) is 11.4. The van der Waals surface area contributed by atoms with Gasteiger partial charge in [0.05, 0.1) is 0 Å². The van der Waals surface area contributed by atoms with Gasteiger partial charge in [-0.05, 0) is 6.08 Å². The molecule has 0 saturated heterocycles. The average molecular weight is 255 g/mol. The van der Waals surface area contributed by atoms with Crippen LogP contribution in [-0.4, -0.2) is 11.7 Å². The summed E-state index contributed by atoms with van der Waals surface area (Å²) in [5, 5.41) is 8.81. The monoisotopic (exact) mass is 254 g/mol. The second-order valence-corrected chi connectivity index (χ2v) is 3.55. The third kappa shape index (κ3) is 3.57. The van der Waals surface area contributed by atoms with Gasteiger partial charge in [-0.1, -0.05) is 23.2 Å². The fourth-order valence-electron chi connectivity index (χ4n) is 0.823. The SMILES string of the molecule is Oc1cc(F)c(OCC=C(Cl)Cl)cc1F. The van der Waals surface area contributed by atoms with Crippen LogP contribution in [0.4, 0.5) is 8.78 Å². The maximum atomic E-state index is 13.0. The van der Waals surface area contributed by atoms with Crippen molar-refractivity contribution in [3.63, 3.8) is 0 Å². The van der Waals surface area contributed by atoms with Gasteiger partial charge in [-0.25, -0.2) is 8.78 Å². The van der Waals surface area contributed by atoms with Crippen molar-refractivity contribution in [1.82, 2.24) is 0 Å². The van der Waals surface area contributed by atoms with Gasteiger partial charge in [-0.2, -0.15) is 0 Å². The summed E-state index contributed by atoms with van der Waals surface area (Å²) in [6, 6.07) is 1.36. The highest BCUT2D eigenvalue weighted by Crippen LogP contribution is 2.25. The number of hydrogen-bond donors (Lipinski definition) is 1. The van der Waals surface area contributed by atoms with Crippen LogP contribution in [-0.2, 0) is 0 Å². The standard InChI is InChI=1S/C9H6Cl2F2O2/c10-9(11)1-2-15-8-4-5(12)7(14)3-6(8)13/h1,3-4,14H,2H2. The minimum atomic E-state index is -0.965. The molecule has 1 N–H and O–H groups in total. The van der Waals surface area contributed by atoms with Gasteiger partial charge >= 0.3 is 0 Å². The average Bonchev–Trinajstić information content (AvgIpc) is 2.13. The van der Waals surface area contributed by atoms with Crippen LogP contribution in [0.5, 0.6) is 11.5 Å². The zero-order valence-corrected chi connectivity index (χ0v) is 8.82. The Bertz CT molecular complexity index is 390. The van der Waals surface area contributed by atoms with Gasteiger partial charge in [0.2, 0.25) is 0 Å². The van der Waals surface area contributed by atoms with Gasteiger partial charge in [-0.3, -0.25) is 0 Å². The summed E-state index contributed by atoms with van der Waals surface area (Å²) >= 11 is 10.6. The maximum absolute atomic E-state index is 13.0. The van der Waals surface area contributed by atoms with Gasteiger partial charge in [0.25, 0.3) is 0 Å². The van der Waals surface area contributed by atoms with E-state index in [9.17, 15) is 8.78 Å². The molecule has 0 saturated carbocycles. The lowest BCUT2D eigenvalue weighted by Gasteiger charge is -2.05. The molecule has 1 rings (SSSR count). The van der Waals surface area contributed by atoms with Crippen molar-refractivity contribution < 1.29 is 18.6 Å². The third-order valence-corrected chi connectivity index (χ3v) is 1.79. The van der Waals surface area contributed by atoms with Crippen LogP contribution in [0.2, 0.25) is 0 Å². The smallest absolute Gasteiger partial charge is 0.168 e. The quantitative estimate of drug-likeness (QED) is 0.897. The normalized spacial score (nSPS) is 9.87. The Morgan fingerprint density at radius 3 is 2.60 bits per heavy atom. The summed E-state index contributed by atoms with van der Waals surface area (Å²) in [5.41, 5.74) is 0. The van der Waals surface area contributed by atoms with Crippen LogP contribution >= 0.6 is 23.2 Å². The molecule has 0 bridgehead atoms. The second-order valence-electron chi connectivity index (χ2n) is 2.54. The first-order valence-corrected chi connectivity index (χ1v) is 4.58. The number of rotatable bonds is 3. The van der Waals surface area contributed by atoms with E-state index in [2.05, 4.69) is 0 Å². The molecular formula is C9H6Cl2F2O2. The molecule has 6 heteroatoms. The van der Waals surface area contributed by atoms with Crippen molar-refractivity contribution in [1.29, 1.82) is 0 Å². The number of phenolic OH excluding ortho intramolecular Hbond substituents is 1. The van der Waals surface area contributed by atoms with E-state index in [0.717, 1.165) is 6.07 Å². The molecule has 0 radical (unpaired) electrons. The highest BCUT2D eigenvalue weighted by atomic mass is 35.5. The molecule has 0 aliphatic rings. The van der Waals surface area contributed by atoms with E-state index < -0.39 is 17.4 Å². The number of halogens is 4. The van der Waals surface area contributed by atoms with E-state index >= 15 is 0 Å². The Kier molecular flexibility index (Phi) is 4.17. The van der Waals surface area contributed by atoms with Crippen LogP contribution < -0.4 is 4.74 Å². The van der Waals surface area contributed by atoms with Gasteiger partial charge in [0.15, 0.2) is 23.1 Å². The molecule has 0 aliphatic heterocycles. The van der Waals surface area contributed by atoms with Crippen molar-refractivity contribution in [2.45, 2.75) is 0 Å². The Balaban J connectivity index is 2.77. The first-order chi connectivity index (χ1) is 7.00. The van der Waals surface area contributed by atoms with E-state index in [1.165, 1.54) is 6.08 Å². The predicted octanol–water partition coefficient (Wildman–Crippen LogP) is 3.37. The highest BCUT2D eigenvalue weighted by molar-refractivity contribution is 6.55. The fourth-order valence-corrected chi connectivity index (χ4v) is 0.949. The van der Waals surface area contributed by atoms with Crippen LogP contribution in [0.1, 0.15) is 0 Å². The number of benzene rings is 1. The van der Waals surface area contributed by atoms with Crippen molar-refractivity contribution in [2.75, 3.05) is 6.61 Å². The molecule has 1 aromatic carbocycles. The van der Waals surface area contributed by atoms with Crippen molar-refractivity contribution >= 4 is 23.2 Å². The van der Waals surface area contributed by atoms with Gasteiger partial charge in [-0.15, -0.1) is 0 Å². The van der Waals surface area contributed by atoms with E-state index in [0.29, 0.717) is 6.07 Å². The Morgan fingerprint density at radius 2 is 2.00 bits per heavy atom. The summed E-state index contributed by atoms with van der Waals surface area (Å²) in [6.45, 7) is -0.0938. The van der Waals surface area contributed by atoms with Gasteiger partial charge in [0, 0.05) is 12.1 Å². The highest BCUT2D eigenvalue weighted by Gasteiger charge is 2.09. The van der Waals surface area contributed by atoms with Gasteiger partial charge < -0.3 is 9.84 Å². The topological polar surface area (TPSA) is 29.5 Å². The minimum absolute atomic E-state index is 0.0327. The van der Waals surface area contributed by atoms with E-state index in [1.54, 1.807) is 0 Å². The molecule has 0 atom stereocenters. The molecule has 0 spiro atoms. The molecule has 0 fully saturated rings. The zero-order valence-electron chi connectivity index (χ0n) is 7.31. The summed E-state index contributed by atoms with van der Waals surface area (Å²) in [5.74, 6) is -2.93. The van der Waals surface area contributed by atoms with Crippen LogP contribution in [0.25, 0.3) is 0 Å². The number of hydrogen-bond acceptors (Lipinski definition) is 2. The molecule has 0 unspecified atom stereocenters. The number of phenols is 1. The molecule has 0 aliphatic carbocycles. The summed E-state index contributed by atoms with van der Waals surface area (Å²) in [7, 11) is 0. The lowest BCUT2D eigenvalue weighted by molar-refractivity contribution is 0.334. The van der Waals surface area contributed by atoms with E-state index in [-0.39, 0.29) is 16.8 Å². The predicted molar refractivity (Wildman–Crippen MR) is 53.3 cm³/mol. The molecule has 0 aromatic heterocycles. The molecule has 0 amide bonds. The maximum Gasteiger partial charge on any atom is 0.168 e. The van der Waals surface area contributed by atoms with Crippen LogP contribution in [0, 0.1) is 11.6 Å². The Morgan fingerprint density at radius 1 is 1.33 bits per heavy atom. The largest absolute Gasteiger partial charge is 0.505 e. The van der Waals surface area contributed by atoms with E-state index in [1.807, 2.05) is 0 Å². The molecule has 82 valence electrons. The molecule has 2 nitrogen and oxygen atoms in total. The van der Waals surface area contributed by atoms with E-state index in [4.69, 9.17) is 33.0 Å². The minimum Gasteiger partial charge on any atom is -0.505 e. The summed E-state index contributed by atoms with van der Waals surface area (Å²) in [4.78, 5) is 0. The summed E-state index contributed by atoms with van der Waals surface area (Å²) in [6.07, 6.45) is 1.27. The lowest BCUT2D eigenvalue weighted by Crippen LogP contribution is -1.97. The second kappa shape index (κ2) is 5.19. The Hall–Kier alpha value is -1.00. The number of ether oxygens (including phenoxy) is 1. The molecule has 1 aromatic rings. The van der Waals surface area contributed by atoms with Crippen LogP contribution in [0.15, 0.2) is 22.7 Å². The fraction of sp³-hybridized carbons (Fsp3) is 0.111. The number of aromatic hydroxyl groups is 1. The molecule has 0 heterocycles. The van der Waals surface area contributed by atoms with Crippen molar-refractivity contribution in [3.8, 4) is 11.5 Å². The van der Waals surface area contributed by atoms with Crippen molar-refractivity contribution in [2.24, 2.45) is 0 Å². The molecule has 15 heavy (non-hydrogen) atoms.